The lowest BCUT2D eigenvalue weighted by Crippen LogP contribution is -2.03. The molecule has 0 aromatic rings. The first-order valence-electron chi connectivity index (χ1n) is 4.77. The highest BCUT2D eigenvalue weighted by molar-refractivity contribution is 4.77. The van der Waals surface area contributed by atoms with Crippen LogP contribution in [0.5, 0.6) is 0 Å². The van der Waals surface area contributed by atoms with Crippen molar-refractivity contribution in [1.29, 1.82) is 0 Å². The SMILES string of the molecule is CCC=CCC.OCCOCCO. The zero-order chi connectivity index (χ0) is 10.4. The summed E-state index contributed by atoms with van der Waals surface area (Å²) in [6.07, 6.45) is 6.71. The maximum absolute atomic E-state index is 8.09. The Balaban J connectivity index is 0. The van der Waals surface area contributed by atoms with E-state index < -0.39 is 0 Å². The number of allylic oxidation sites excluding steroid dienone is 2. The second kappa shape index (κ2) is 17.6. The minimum Gasteiger partial charge on any atom is -0.394 e. The molecular weight excluding hydrogens is 168 g/mol. The van der Waals surface area contributed by atoms with Crippen LogP contribution in [0.4, 0.5) is 0 Å². The van der Waals surface area contributed by atoms with E-state index in [2.05, 4.69) is 30.7 Å². The Morgan fingerprint density at radius 3 is 1.54 bits per heavy atom. The van der Waals surface area contributed by atoms with Crippen molar-refractivity contribution in [3.8, 4) is 0 Å². The molecule has 0 radical (unpaired) electrons. The van der Waals surface area contributed by atoms with E-state index in [9.17, 15) is 0 Å². The Morgan fingerprint density at radius 2 is 1.31 bits per heavy atom. The molecule has 0 spiro atoms. The number of rotatable bonds is 6. The van der Waals surface area contributed by atoms with E-state index in [-0.39, 0.29) is 13.2 Å². The third-order valence-corrected chi connectivity index (χ3v) is 1.11. The van der Waals surface area contributed by atoms with Gasteiger partial charge in [0, 0.05) is 0 Å². The molecule has 2 N–H and O–H groups in total. The first kappa shape index (κ1) is 15.1. The van der Waals surface area contributed by atoms with Gasteiger partial charge in [0.25, 0.3) is 0 Å². The van der Waals surface area contributed by atoms with Gasteiger partial charge >= 0.3 is 0 Å². The van der Waals surface area contributed by atoms with E-state index in [1.807, 2.05) is 0 Å². The number of hydrogen-bond donors (Lipinski definition) is 2. The molecule has 0 fully saturated rings. The summed E-state index contributed by atoms with van der Waals surface area (Å²) in [7, 11) is 0. The van der Waals surface area contributed by atoms with Gasteiger partial charge in [0.05, 0.1) is 26.4 Å². The van der Waals surface area contributed by atoms with Gasteiger partial charge in [0.2, 0.25) is 0 Å². The van der Waals surface area contributed by atoms with Crippen molar-refractivity contribution in [2.45, 2.75) is 26.7 Å². The average molecular weight is 190 g/mol. The van der Waals surface area contributed by atoms with Crippen LogP contribution in [0.1, 0.15) is 26.7 Å². The molecule has 0 aliphatic carbocycles. The molecule has 0 aliphatic heterocycles. The molecule has 0 amide bonds. The molecule has 0 heterocycles. The first-order chi connectivity index (χ1) is 6.33. The predicted octanol–water partition coefficient (Wildman–Crippen LogP) is 1.35. The van der Waals surface area contributed by atoms with Crippen molar-refractivity contribution in [2.75, 3.05) is 26.4 Å². The van der Waals surface area contributed by atoms with Crippen LogP contribution in [0, 0.1) is 0 Å². The van der Waals surface area contributed by atoms with Gasteiger partial charge in [-0.15, -0.1) is 0 Å². The van der Waals surface area contributed by atoms with Gasteiger partial charge in [-0.05, 0) is 12.8 Å². The van der Waals surface area contributed by atoms with E-state index >= 15 is 0 Å². The number of ether oxygens (including phenoxy) is 1. The number of aliphatic hydroxyl groups is 2. The topological polar surface area (TPSA) is 49.7 Å². The first-order valence-corrected chi connectivity index (χ1v) is 4.77. The van der Waals surface area contributed by atoms with Crippen molar-refractivity contribution in [3.05, 3.63) is 12.2 Å². The minimum atomic E-state index is 0.0278. The molecule has 0 aromatic heterocycles. The molecule has 3 nitrogen and oxygen atoms in total. The lowest BCUT2D eigenvalue weighted by atomic mass is 10.4. The Bertz CT molecular complexity index is 82.2. The highest BCUT2D eigenvalue weighted by Gasteiger charge is 1.79. The zero-order valence-electron chi connectivity index (χ0n) is 8.70. The number of hydrogen-bond acceptors (Lipinski definition) is 3. The fourth-order valence-electron chi connectivity index (χ4n) is 0.564. The Hall–Kier alpha value is -0.380. The third kappa shape index (κ3) is 24.5. The quantitative estimate of drug-likeness (QED) is 0.491. The van der Waals surface area contributed by atoms with Crippen LogP contribution in [-0.4, -0.2) is 36.6 Å². The van der Waals surface area contributed by atoms with Gasteiger partial charge in [-0.2, -0.15) is 0 Å². The summed E-state index contributed by atoms with van der Waals surface area (Å²) < 4.78 is 4.63. The van der Waals surface area contributed by atoms with Crippen LogP contribution < -0.4 is 0 Å². The van der Waals surface area contributed by atoms with Crippen molar-refractivity contribution in [3.63, 3.8) is 0 Å². The fourth-order valence-corrected chi connectivity index (χ4v) is 0.564. The molecule has 80 valence electrons. The Labute approximate surface area is 81.0 Å². The molecule has 0 atom stereocenters. The van der Waals surface area contributed by atoms with Crippen LogP contribution in [0.2, 0.25) is 0 Å². The third-order valence-electron chi connectivity index (χ3n) is 1.11. The van der Waals surface area contributed by atoms with Crippen LogP contribution in [0.25, 0.3) is 0 Å². The Kier molecular flexibility index (Phi) is 20.5. The van der Waals surface area contributed by atoms with Gasteiger partial charge in [-0.25, -0.2) is 0 Å². The maximum Gasteiger partial charge on any atom is 0.0698 e. The van der Waals surface area contributed by atoms with E-state index in [0.29, 0.717) is 13.2 Å². The summed E-state index contributed by atoms with van der Waals surface area (Å²) in [5.74, 6) is 0. The maximum atomic E-state index is 8.09. The lowest BCUT2D eigenvalue weighted by Gasteiger charge is -1.94. The lowest BCUT2D eigenvalue weighted by molar-refractivity contribution is 0.0650. The fraction of sp³-hybridized carbons (Fsp3) is 0.800. The van der Waals surface area contributed by atoms with Gasteiger partial charge in [-0.3, -0.25) is 0 Å². The van der Waals surface area contributed by atoms with Crippen LogP contribution in [0.15, 0.2) is 12.2 Å². The van der Waals surface area contributed by atoms with E-state index in [1.165, 1.54) is 12.8 Å². The second-order valence-corrected chi connectivity index (χ2v) is 2.35. The van der Waals surface area contributed by atoms with Crippen LogP contribution in [0.3, 0.4) is 0 Å². The molecule has 0 unspecified atom stereocenters. The molecular formula is C10H22O3. The largest absolute Gasteiger partial charge is 0.394 e. The zero-order valence-corrected chi connectivity index (χ0v) is 8.70. The van der Waals surface area contributed by atoms with Crippen molar-refractivity contribution in [2.24, 2.45) is 0 Å². The summed E-state index contributed by atoms with van der Waals surface area (Å²) >= 11 is 0. The molecule has 0 saturated heterocycles. The molecule has 13 heavy (non-hydrogen) atoms. The van der Waals surface area contributed by atoms with Crippen molar-refractivity contribution < 1.29 is 14.9 Å². The summed E-state index contributed by atoms with van der Waals surface area (Å²) in [5, 5.41) is 16.2. The van der Waals surface area contributed by atoms with Crippen molar-refractivity contribution >= 4 is 0 Å². The summed E-state index contributed by atoms with van der Waals surface area (Å²) in [6, 6.07) is 0. The van der Waals surface area contributed by atoms with Gasteiger partial charge in [0.1, 0.15) is 0 Å². The van der Waals surface area contributed by atoms with Crippen molar-refractivity contribution in [1.82, 2.24) is 0 Å². The monoisotopic (exact) mass is 190 g/mol. The summed E-state index contributed by atoms with van der Waals surface area (Å²) in [4.78, 5) is 0. The van der Waals surface area contributed by atoms with Crippen LogP contribution >= 0.6 is 0 Å². The number of aliphatic hydroxyl groups excluding tert-OH is 2. The van der Waals surface area contributed by atoms with E-state index in [1.54, 1.807) is 0 Å². The summed E-state index contributed by atoms with van der Waals surface area (Å²) in [6.45, 7) is 4.99. The smallest absolute Gasteiger partial charge is 0.0698 e. The summed E-state index contributed by atoms with van der Waals surface area (Å²) in [5.41, 5.74) is 0. The molecule has 0 saturated carbocycles. The standard InChI is InChI=1S/C6H12.C4H10O3/c1-3-5-6-4-2;5-1-3-7-4-2-6/h5-6H,3-4H2,1-2H3;5-6H,1-4H2. The second-order valence-electron chi connectivity index (χ2n) is 2.35. The predicted molar refractivity (Wildman–Crippen MR) is 54.7 cm³/mol. The van der Waals surface area contributed by atoms with Gasteiger partial charge < -0.3 is 14.9 Å². The highest BCUT2D eigenvalue weighted by Crippen LogP contribution is 1.81. The molecule has 3 heteroatoms. The average Bonchev–Trinajstić information content (AvgIpc) is 2.17. The highest BCUT2D eigenvalue weighted by atomic mass is 16.5. The minimum absolute atomic E-state index is 0.0278. The van der Waals surface area contributed by atoms with Gasteiger partial charge in [-0.1, -0.05) is 26.0 Å². The molecule has 0 aromatic carbocycles. The van der Waals surface area contributed by atoms with Crippen LogP contribution in [-0.2, 0) is 4.74 Å². The Morgan fingerprint density at radius 1 is 0.923 bits per heavy atom. The molecule has 0 aliphatic rings. The normalized spacial score (nSPS) is 9.85. The molecule has 0 bridgehead atoms. The molecule has 0 rings (SSSR count). The van der Waals surface area contributed by atoms with Gasteiger partial charge in [0.15, 0.2) is 0 Å². The van der Waals surface area contributed by atoms with E-state index in [0.717, 1.165) is 0 Å². The van der Waals surface area contributed by atoms with E-state index in [4.69, 9.17) is 10.2 Å².